The third-order valence-corrected chi connectivity index (χ3v) is 8.16. The Bertz CT molecular complexity index is 1430. The molecule has 5 N–H and O–H groups in total. The molecule has 0 bridgehead atoms. The molecule has 0 heterocycles. The van der Waals surface area contributed by atoms with Crippen molar-refractivity contribution in [3.63, 3.8) is 0 Å². The minimum Gasteiger partial charge on any atom is -0.508 e. The molecule has 5 nitrogen and oxygen atoms in total. The SMILES string of the molecule is Cc1cc(C)c(C(c2ccc(O)c(O)c2)c2c(C)cc(C)cc2O)c(O)c1.Cc1ccc(C2CCCCC2)c(O)c1. The van der Waals surface area contributed by atoms with Gasteiger partial charge in [0.25, 0.3) is 0 Å². The molecule has 1 aliphatic carbocycles. The highest BCUT2D eigenvalue weighted by molar-refractivity contribution is 5.60. The maximum absolute atomic E-state index is 10.7. The maximum Gasteiger partial charge on any atom is 0.157 e. The van der Waals surface area contributed by atoms with Crippen LogP contribution in [0.25, 0.3) is 0 Å². The van der Waals surface area contributed by atoms with Crippen LogP contribution in [0.2, 0.25) is 0 Å². The first-order valence-electron chi connectivity index (χ1n) is 14.4. The summed E-state index contributed by atoms with van der Waals surface area (Å²) in [5.41, 5.74) is 7.92. The summed E-state index contributed by atoms with van der Waals surface area (Å²) in [4.78, 5) is 0. The molecule has 0 amide bonds. The number of phenols is 5. The Balaban J connectivity index is 0.000000231. The van der Waals surface area contributed by atoms with Crippen LogP contribution in [0, 0.1) is 34.6 Å². The predicted octanol–water partition coefficient (Wildman–Crippen LogP) is 8.67. The monoisotopic (exact) mass is 554 g/mol. The van der Waals surface area contributed by atoms with Gasteiger partial charge in [0.05, 0.1) is 0 Å². The maximum atomic E-state index is 10.7. The second kappa shape index (κ2) is 12.6. The van der Waals surface area contributed by atoms with E-state index in [9.17, 15) is 25.5 Å². The van der Waals surface area contributed by atoms with Crippen molar-refractivity contribution in [3.05, 3.63) is 111 Å². The van der Waals surface area contributed by atoms with Gasteiger partial charge in [-0.05, 0) is 123 Å². The minimum atomic E-state index is -0.502. The zero-order valence-electron chi connectivity index (χ0n) is 24.7. The summed E-state index contributed by atoms with van der Waals surface area (Å²) in [6.07, 6.45) is 6.49. The van der Waals surface area contributed by atoms with Crippen molar-refractivity contribution in [2.45, 2.75) is 78.6 Å². The van der Waals surface area contributed by atoms with Gasteiger partial charge in [-0.15, -0.1) is 0 Å². The molecule has 1 fully saturated rings. The Hall–Kier alpha value is -4.12. The van der Waals surface area contributed by atoms with Crippen molar-refractivity contribution < 1.29 is 25.5 Å². The normalized spacial score (nSPS) is 13.6. The second-order valence-corrected chi connectivity index (χ2v) is 11.6. The molecular weight excluding hydrogens is 512 g/mol. The zero-order chi connectivity index (χ0) is 29.8. The molecule has 0 aliphatic heterocycles. The number of rotatable bonds is 4. The van der Waals surface area contributed by atoms with Crippen molar-refractivity contribution in [1.29, 1.82) is 0 Å². The average Bonchev–Trinajstić information content (AvgIpc) is 2.89. The second-order valence-electron chi connectivity index (χ2n) is 11.6. The summed E-state index contributed by atoms with van der Waals surface area (Å²) >= 11 is 0. The average molecular weight is 555 g/mol. The molecule has 4 aromatic carbocycles. The number of phenolic OH excluding ortho intramolecular Hbond substituents is 5. The van der Waals surface area contributed by atoms with Crippen LogP contribution >= 0.6 is 0 Å². The molecule has 0 saturated heterocycles. The molecule has 0 spiro atoms. The van der Waals surface area contributed by atoms with Gasteiger partial charge < -0.3 is 25.5 Å². The molecule has 5 heteroatoms. The van der Waals surface area contributed by atoms with E-state index in [1.807, 2.05) is 52.8 Å². The molecule has 216 valence electrons. The fraction of sp³-hybridized carbons (Fsp3) is 0.333. The van der Waals surface area contributed by atoms with Gasteiger partial charge in [-0.2, -0.15) is 0 Å². The Kier molecular flexibility index (Phi) is 9.17. The molecule has 1 aliphatic rings. The van der Waals surface area contributed by atoms with Crippen LogP contribution in [0.3, 0.4) is 0 Å². The molecule has 41 heavy (non-hydrogen) atoms. The summed E-state index contributed by atoms with van der Waals surface area (Å²) < 4.78 is 0. The van der Waals surface area contributed by atoms with Crippen LogP contribution in [0.4, 0.5) is 0 Å². The van der Waals surface area contributed by atoms with Gasteiger partial charge in [0.2, 0.25) is 0 Å². The van der Waals surface area contributed by atoms with E-state index in [2.05, 4.69) is 12.1 Å². The summed E-state index contributed by atoms with van der Waals surface area (Å²) in [7, 11) is 0. The molecular formula is C36H42O5. The van der Waals surface area contributed by atoms with Crippen molar-refractivity contribution in [2.75, 3.05) is 0 Å². The fourth-order valence-electron chi connectivity index (χ4n) is 6.27. The highest BCUT2D eigenvalue weighted by Crippen LogP contribution is 2.45. The van der Waals surface area contributed by atoms with Crippen molar-refractivity contribution in [2.24, 2.45) is 0 Å². The smallest absolute Gasteiger partial charge is 0.157 e. The summed E-state index contributed by atoms with van der Waals surface area (Å²) in [6.45, 7) is 9.66. The van der Waals surface area contributed by atoms with Gasteiger partial charge >= 0.3 is 0 Å². The first-order valence-corrected chi connectivity index (χ1v) is 14.4. The highest BCUT2D eigenvalue weighted by atomic mass is 16.3. The van der Waals surface area contributed by atoms with E-state index in [4.69, 9.17) is 0 Å². The lowest BCUT2D eigenvalue weighted by molar-refractivity contribution is 0.403. The lowest BCUT2D eigenvalue weighted by atomic mass is 9.79. The van der Waals surface area contributed by atoms with Crippen LogP contribution in [0.5, 0.6) is 28.7 Å². The topological polar surface area (TPSA) is 101 Å². The third kappa shape index (κ3) is 6.79. The van der Waals surface area contributed by atoms with E-state index >= 15 is 0 Å². The van der Waals surface area contributed by atoms with Crippen LogP contribution in [-0.4, -0.2) is 25.5 Å². The van der Waals surface area contributed by atoms with Crippen LogP contribution in [0.1, 0.15) is 94.0 Å². The largest absolute Gasteiger partial charge is 0.508 e. The minimum absolute atomic E-state index is 0.129. The van der Waals surface area contributed by atoms with Gasteiger partial charge in [0.15, 0.2) is 11.5 Å². The Labute approximate surface area is 243 Å². The predicted molar refractivity (Wildman–Crippen MR) is 165 cm³/mol. The van der Waals surface area contributed by atoms with Gasteiger partial charge in [0.1, 0.15) is 17.2 Å². The van der Waals surface area contributed by atoms with Gasteiger partial charge in [-0.3, -0.25) is 0 Å². The summed E-state index contributed by atoms with van der Waals surface area (Å²) in [6, 6.07) is 18.0. The van der Waals surface area contributed by atoms with Gasteiger partial charge in [0, 0.05) is 17.0 Å². The molecule has 0 radical (unpaired) electrons. The molecule has 0 unspecified atom stereocenters. The Morgan fingerprint density at radius 2 is 1.05 bits per heavy atom. The Morgan fingerprint density at radius 3 is 1.54 bits per heavy atom. The van der Waals surface area contributed by atoms with Crippen LogP contribution < -0.4 is 0 Å². The Morgan fingerprint density at radius 1 is 0.512 bits per heavy atom. The molecule has 0 atom stereocenters. The lowest BCUT2D eigenvalue weighted by Gasteiger charge is -2.25. The van der Waals surface area contributed by atoms with Gasteiger partial charge in [-0.25, -0.2) is 0 Å². The summed E-state index contributed by atoms with van der Waals surface area (Å²) in [5.74, 6) is 0.394. The number of hydrogen-bond acceptors (Lipinski definition) is 5. The number of aromatic hydroxyl groups is 5. The van der Waals surface area contributed by atoms with E-state index in [0.717, 1.165) is 33.4 Å². The lowest BCUT2D eigenvalue weighted by Crippen LogP contribution is -2.08. The van der Waals surface area contributed by atoms with Crippen molar-refractivity contribution >= 4 is 0 Å². The van der Waals surface area contributed by atoms with E-state index in [1.54, 1.807) is 18.2 Å². The summed E-state index contributed by atoms with van der Waals surface area (Å²) in [5, 5.41) is 51.0. The number of benzene rings is 4. The van der Waals surface area contributed by atoms with E-state index in [0.29, 0.717) is 28.4 Å². The van der Waals surface area contributed by atoms with Crippen molar-refractivity contribution in [3.8, 4) is 28.7 Å². The number of aryl methyl sites for hydroxylation is 5. The first-order chi connectivity index (χ1) is 19.5. The molecule has 0 aromatic heterocycles. The number of hydrogen-bond donors (Lipinski definition) is 5. The molecule has 1 saturated carbocycles. The third-order valence-electron chi connectivity index (χ3n) is 8.16. The standard InChI is InChI=1S/C23H24O4.C13H18O/c1-12-7-14(3)21(19(26)9-12)23(16-5-6-17(24)18(25)11-16)22-15(4)8-13(2)10-20(22)27;1-10-7-8-12(13(14)9-10)11-5-3-2-4-6-11/h5-11,23-27H,1-4H3;7-9,11,14H,2-6H2,1H3. The van der Waals surface area contributed by atoms with Crippen LogP contribution in [-0.2, 0) is 0 Å². The first kappa shape index (κ1) is 29.9. The van der Waals surface area contributed by atoms with E-state index < -0.39 is 5.92 Å². The quantitative estimate of drug-likeness (QED) is 0.128. The molecule has 4 aromatic rings. The van der Waals surface area contributed by atoms with Crippen molar-refractivity contribution in [1.82, 2.24) is 0 Å². The molecule has 5 rings (SSSR count). The van der Waals surface area contributed by atoms with E-state index in [-0.39, 0.29) is 23.0 Å². The van der Waals surface area contributed by atoms with Crippen LogP contribution in [0.15, 0.2) is 60.7 Å². The highest BCUT2D eigenvalue weighted by Gasteiger charge is 2.27. The fourth-order valence-corrected chi connectivity index (χ4v) is 6.27. The van der Waals surface area contributed by atoms with Gasteiger partial charge in [-0.1, -0.05) is 49.6 Å². The zero-order valence-corrected chi connectivity index (χ0v) is 24.7. The van der Waals surface area contributed by atoms with E-state index in [1.165, 1.54) is 44.2 Å².